The summed E-state index contributed by atoms with van der Waals surface area (Å²) in [5.41, 5.74) is 2.82. The van der Waals surface area contributed by atoms with Gasteiger partial charge in [0.1, 0.15) is 5.75 Å². The molecule has 2 N–H and O–H groups in total. The SMILES string of the molecule is Cc1ccc(C)c(S(=O)(=O)Nc2ccc(O)c(Sc3nc4ccccc4s3)c2)c1. The number of sulfonamides is 1. The van der Waals surface area contributed by atoms with Crippen LogP contribution in [0.2, 0.25) is 0 Å². The van der Waals surface area contributed by atoms with Gasteiger partial charge in [-0.15, -0.1) is 11.3 Å². The van der Waals surface area contributed by atoms with Crippen molar-refractivity contribution in [3.8, 4) is 5.75 Å². The third-order valence-electron chi connectivity index (χ3n) is 4.32. The molecule has 0 amide bonds. The maximum absolute atomic E-state index is 12.9. The minimum atomic E-state index is -3.74. The summed E-state index contributed by atoms with van der Waals surface area (Å²) < 4.78 is 30.2. The molecular weight excluding hydrogens is 424 g/mol. The fraction of sp³-hybridized carbons (Fsp3) is 0.0952. The first-order chi connectivity index (χ1) is 13.8. The van der Waals surface area contributed by atoms with Crippen LogP contribution in [-0.2, 0) is 10.0 Å². The number of phenols is 1. The van der Waals surface area contributed by atoms with Crippen molar-refractivity contribution < 1.29 is 13.5 Å². The smallest absolute Gasteiger partial charge is 0.262 e. The van der Waals surface area contributed by atoms with Gasteiger partial charge in [0, 0.05) is 0 Å². The molecule has 0 aliphatic carbocycles. The van der Waals surface area contributed by atoms with Crippen molar-refractivity contribution >= 4 is 49.0 Å². The Bertz CT molecular complexity index is 1280. The number of rotatable bonds is 5. The van der Waals surface area contributed by atoms with Gasteiger partial charge in [0.25, 0.3) is 10.0 Å². The number of fused-ring (bicyclic) bond motifs is 1. The van der Waals surface area contributed by atoms with E-state index in [1.165, 1.54) is 29.2 Å². The highest BCUT2D eigenvalue weighted by Crippen LogP contribution is 2.39. The van der Waals surface area contributed by atoms with Gasteiger partial charge in [-0.05, 0) is 61.4 Å². The molecule has 0 radical (unpaired) electrons. The van der Waals surface area contributed by atoms with Gasteiger partial charge in [-0.1, -0.05) is 36.0 Å². The fourth-order valence-electron chi connectivity index (χ4n) is 2.86. The maximum Gasteiger partial charge on any atom is 0.262 e. The first-order valence-electron chi connectivity index (χ1n) is 8.78. The van der Waals surface area contributed by atoms with Crippen molar-refractivity contribution in [1.82, 2.24) is 4.98 Å². The van der Waals surface area contributed by atoms with Crippen molar-refractivity contribution in [3.63, 3.8) is 0 Å². The standard InChI is InChI=1S/C21H18N2O3S3/c1-13-7-8-14(2)20(11-13)29(25,26)23-15-9-10-17(24)19(12-15)28-21-22-16-5-3-4-6-18(16)27-21/h3-12,23-24H,1-2H3. The van der Waals surface area contributed by atoms with Crippen LogP contribution in [0, 0.1) is 13.8 Å². The highest BCUT2D eigenvalue weighted by molar-refractivity contribution is 8.01. The van der Waals surface area contributed by atoms with Crippen molar-refractivity contribution in [1.29, 1.82) is 0 Å². The number of hydrogen-bond acceptors (Lipinski definition) is 6. The Morgan fingerprint density at radius 1 is 1.03 bits per heavy atom. The summed E-state index contributed by atoms with van der Waals surface area (Å²) in [5.74, 6) is 0.0731. The van der Waals surface area contributed by atoms with Gasteiger partial charge in [-0.25, -0.2) is 13.4 Å². The predicted molar refractivity (Wildman–Crippen MR) is 119 cm³/mol. The zero-order valence-electron chi connectivity index (χ0n) is 15.7. The van der Waals surface area contributed by atoms with E-state index in [0.29, 0.717) is 16.1 Å². The summed E-state index contributed by atoms with van der Waals surface area (Å²) in [6, 6.07) is 17.8. The van der Waals surface area contributed by atoms with E-state index in [0.717, 1.165) is 20.1 Å². The van der Waals surface area contributed by atoms with E-state index in [-0.39, 0.29) is 10.6 Å². The summed E-state index contributed by atoms with van der Waals surface area (Å²) in [5, 5.41) is 10.2. The summed E-state index contributed by atoms with van der Waals surface area (Å²) >= 11 is 2.83. The van der Waals surface area contributed by atoms with Gasteiger partial charge in [0.2, 0.25) is 0 Å². The average Bonchev–Trinajstić information content (AvgIpc) is 3.08. The fourth-order valence-corrected chi connectivity index (χ4v) is 6.33. The summed E-state index contributed by atoms with van der Waals surface area (Å²) in [7, 11) is -3.74. The lowest BCUT2D eigenvalue weighted by atomic mass is 10.2. The van der Waals surface area contributed by atoms with Crippen molar-refractivity contribution in [3.05, 3.63) is 71.8 Å². The molecule has 4 aromatic rings. The van der Waals surface area contributed by atoms with Crippen molar-refractivity contribution in [2.24, 2.45) is 0 Å². The van der Waals surface area contributed by atoms with Crippen LogP contribution in [0.15, 0.2) is 74.8 Å². The second kappa shape index (κ2) is 7.70. The second-order valence-electron chi connectivity index (χ2n) is 6.61. The molecular formula is C21H18N2O3S3. The molecule has 0 saturated heterocycles. The minimum absolute atomic E-state index is 0.0731. The van der Waals surface area contributed by atoms with E-state index in [2.05, 4.69) is 9.71 Å². The summed E-state index contributed by atoms with van der Waals surface area (Å²) in [4.78, 5) is 5.33. The summed E-state index contributed by atoms with van der Waals surface area (Å²) in [6.07, 6.45) is 0. The Kier molecular flexibility index (Phi) is 5.24. The van der Waals surface area contributed by atoms with Gasteiger partial charge in [-0.3, -0.25) is 4.72 Å². The van der Waals surface area contributed by atoms with E-state index in [1.54, 1.807) is 31.2 Å². The number of para-hydroxylation sites is 1. The van der Waals surface area contributed by atoms with Crippen molar-refractivity contribution in [2.75, 3.05) is 4.72 Å². The Morgan fingerprint density at radius 2 is 1.83 bits per heavy atom. The van der Waals surface area contributed by atoms with E-state index >= 15 is 0 Å². The molecule has 148 valence electrons. The average molecular weight is 443 g/mol. The van der Waals surface area contributed by atoms with Crippen LogP contribution in [-0.4, -0.2) is 18.5 Å². The van der Waals surface area contributed by atoms with Crippen LogP contribution in [0.25, 0.3) is 10.2 Å². The number of phenolic OH excluding ortho intramolecular Hbond substituents is 1. The molecule has 1 aromatic heterocycles. The number of aromatic hydroxyl groups is 1. The molecule has 5 nitrogen and oxygen atoms in total. The highest BCUT2D eigenvalue weighted by atomic mass is 32.2. The van der Waals surface area contributed by atoms with E-state index in [9.17, 15) is 13.5 Å². The highest BCUT2D eigenvalue weighted by Gasteiger charge is 2.18. The molecule has 0 spiro atoms. The second-order valence-corrected chi connectivity index (χ2v) is 10.6. The number of nitrogens with one attached hydrogen (secondary N) is 1. The number of anilines is 1. The summed E-state index contributed by atoms with van der Waals surface area (Å²) in [6.45, 7) is 3.62. The quantitative estimate of drug-likeness (QED) is 0.395. The molecule has 0 unspecified atom stereocenters. The molecule has 0 bridgehead atoms. The zero-order chi connectivity index (χ0) is 20.6. The molecule has 0 fully saturated rings. The number of benzene rings is 3. The Morgan fingerprint density at radius 3 is 2.62 bits per heavy atom. The lowest BCUT2D eigenvalue weighted by Gasteiger charge is -2.12. The number of nitrogens with zero attached hydrogens (tertiary/aromatic N) is 1. The molecule has 0 aliphatic heterocycles. The molecule has 3 aromatic carbocycles. The molecule has 0 aliphatic rings. The van der Waals surface area contributed by atoms with E-state index in [4.69, 9.17) is 0 Å². The third-order valence-corrected chi connectivity index (χ3v) is 7.98. The van der Waals surface area contributed by atoms with Gasteiger partial charge >= 0.3 is 0 Å². The van der Waals surface area contributed by atoms with Gasteiger partial charge < -0.3 is 5.11 Å². The van der Waals surface area contributed by atoms with Crippen LogP contribution >= 0.6 is 23.1 Å². The maximum atomic E-state index is 12.9. The lowest BCUT2D eigenvalue weighted by molar-refractivity contribution is 0.462. The first kappa shape index (κ1) is 19.8. The Labute approximate surface area is 177 Å². The molecule has 8 heteroatoms. The number of aromatic nitrogens is 1. The zero-order valence-corrected chi connectivity index (χ0v) is 18.2. The van der Waals surface area contributed by atoms with Gasteiger partial charge in [0.15, 0.2) is 4.34 Å². The topological polar surface area (TPSA) is 79.3 Å². The monoisotopic (exact) mass is 442 g/mol. The molecule has 0 atom stereocenters. The predicted octanol–water partition coefficient (Wildman–Crippen LogP) is 5.57. The minimum Gasteiger partial charge on any atom is -0.507 e. The Hall–Kier alpha value is -2.55. The lowest BCUT2D eigenvalue weighted by Crippen LogP contribution is -2.14. The van der Waals surface area contributed by atoms with Gasteiger partial charge in [0.05, 0.1) is 25.7 Å². The third kappa shape index (κ3) is 4.24. The van der Waals surface area contributed by atoms with Crippen molar-refractivity contribution in [2.45, 2.75) is 28.0 Å². The first-order valence-corrected chi connectivity index (χ1v) is 11.9. The molecule has 4 rings (SSSR count). The largest absolute Gasteiger partial charge is 0.507 e. The Balaban J connectivity index is 1.63. The normalized spacial score (nSPS) is 11.7. The van der Waals surface area contributed by atoms with E-state index in [1.807, 2.05) is 37.3 Å². The number of thiazole rings is 1. The number of hydrogen-bond donors (Lipinski definition) is 2. The molecule has 0 saturated carbocycles. The van der Waals surface area contributed by atoms with Crippen LogP contribution in [0.5, 0.6) is 5.75 Å². The molecule has 1 heterocycles. The van der Waals surface area contributed by atoms with Crippen LogP contribution < -0.4 is 4.72 Å². The number of aryl methyl sites for hydroxylation is 2. The molecule has 29 heavy (non-hydrogen) atoms. The van der Waals surface area contributed by atoms with E-state index < -0.39 is 10.0 Å². The van der Waals surface area contributed by atoms with Crippen LogP contribution in [0.3, 0.4) is 0 Å². The van der Waals surface area contributed by atoms with Crippen LogP contribution in [0.1, 0.15) is 11.1 Å². The van der Waals surface area contributed by atoms with Crippen LogP contribution in [0.4, 0.5) is 5.69 Å². The van der Waals surface area contributed by atoms with Gasteiger partial charge in [-0.2, -0.15) is 0 Å².